The van der Waals surface area contributed by atoms with Gasteiger partial charge in [-0.2, -0.15) is 0 Å². The highest BCUT2D eigenvalue weighted by atomic mass is 15.1. The van der Waals surface area contributed by atoms with Crippen LogP contribution in [0.1, 0.15) is 53.4 Å². The highest BCUT2D eigenvalue weighted by Crippen LogP contribution is 2.34. The van der Waals surface area contributed by atoms with E-state index in [-0.39, 0.29) is 0 Å². The van der Waals surface area contributed by atoms with Crippen molar-refractivity contribution in [1.82, 2.24) is 4.90 Å². The molecule has 0 atom stereocenters. The van der Waals surface area contributed by atoms with Crippen LogP contribution >= 0.6 is 0 Å². The molecule has 0 radical (unpaired) electrons. The van der Waals surface area contributed by atoms with Crippen LogP contribution in [-0.2, 0) is 0 Å². The smallest absolute Gasteiger partial charge is 0.00954 e. The fourth-order valence-corrected chi connectivity index (χ4v) is 3.02. The minimum atomic E-state index is 0.662. The summed E-state index contributed by atoms with van der Waals surface area (Å²) in [6, 6.07) is 0.839. The molecule has 1 aliphatic rings. The molecular weight excluding hydrogens is 194 g/mol. The Kier molecular flexibility index (Phi) is 5.54. The summed E-state index contributed by atoms with van der Waals surface area (Å²) in [5, 5.41) is 0. The Hall–Kier alpha value is -0.300. The fraction of sp³-hybridized carbons (Fsp3) is 0.867. The zero-order valence-corrected chi connectivity index (χ0v) is 11.6. The van der Waals surface area contributed by atoms with Crippen LogP contribution in [0.25, 0.3) is 0 Å². The molecule has 1 rings (SSSR count). The first-order chi connectivity index (χ1) is 7.60. The Morgan fingerprint density at radius 1 is 1.12 bits per heavy atom. The van der Waals surface area contributed by atoms with Crippen molar-refractivity contribution in [2.24, 2.45) is 11.8 Å². The quantitative estimate of drug-likeness (QED) is 0.634. The number of hydrogen-bond donors (Lipinski definition) is 0. The summed E-state index contributed by atoms with van der Waals surface area (Å²) in [5.74, 6) is 1.46. The minimum absolute atomic E-state index is 0.662. The summed E-state index contributed by atoms with van der Waals surface area (Å²) in [6.45, 7) is 15.8. The van der Waals surface area contributed by atoms with Crippen molar-refractivity contribution in [1.29, 1.82) is 0 Å². The zero-order chi connectivity index (χ0) is 12.1. The van der Waals surface area contributed by atoms with Crippen LogP contribution in [0.3, 0.4) is 0 Å². The highest BCUT2D eigenvalue weighted by Gasteiger charge is 2.26. The van der Waals surface area contributed by atoms with Crippen LogP contribution in [0.5, 0.6) is 0 Å². The standard InChI is InChI=1S/C15H29N/c1-6-16(7-2)15-10-8-14(9-11-15)13(5)12(3)4/h12,14-15H,5-11H2,1-4H3. The van der Waals surface area contributed by atoms with E-state index >= 15 is 0 Å². The molecule has 0 N–H and O–H groups in total. The second-order valence-electron chi connectivity index (χ2n) is 5.46. The van der Waals surface area contributed by atoms with E-state index in [2.05, 4.69) is 39.2 Å². The van der Waals surface area contributed by atoms with Crippen molar-refractivity contribution >= 4 is 0 Å². The van der Waals surface area contributed by atoms with Crippen LogP contribution in [0.4, 0.5) is 0 Å². The van der Waals surface area contributed by atoms with Gasteiger partial charge in [-0.3, -0.25) is 0 Å². The molecule has 1 aliphatic carbocycles. The Balaban J connectivity index is 2.42. The zero-order valence-electron chi connectivity index (χ0n) is 11.6. The molecule has 0 aromatic heterocycles. The molecule has 0 saturated heterocycles. The Morgan fingerprint density at radius 2 is 1.62 bits per heavy atom. The van der Waals surface area contributed by atoms with E-state index < -0.39 is 0 Å². The average molecular weight is 223 g/mol. The first-order valence-corrected chi connectivity index (χ1v) is 7.02. The van der Waals surface area contributed by atoms with Gasteiger partial charge in [-0.05, 0) is 50.6 Å². The van der Waals surface area contributed by atoms with Crippen LogP contribution in [-0.4, -0.2) is 24.0 Å². The summed E-state index contributed by atoms with van der Waals surface area (Å²) >= 11 is 0. The van der Waals surface area contributed by atoms with Gasteiger partial charge in [-0.15, -0.1) is 0 Å². The van der Waals surface area contributed by atoms with Crippen LogP contribution in [0.15, 0.2) is 12.2 Å². The Bertz CT molecular complexity index is 207. The second kappa shape index (κ2) is 6.44. The second-order valence-corrected chi connectivity index (χ2v) is 5.46. The molecule has 0 amide bonds. The molecule has 0 aliphatic heterocycles. The van der Waals surface area contributed by atoms with Gasteiger partial charge in [0, 0.05) is 6.04 Å². The van der Waals surface area contributed by atoms with Crippen LogP contribution < -0.4 is 0 Å². The van der Waals surface area contributed by atoms with Crippen LogP contribution in [0.2, 0.25) is 0 Å². The third-order valence-corrected chi connectivity index (χ3v) is 4.29. The van der Waals surface area contributed by atoms with Crippen molar-refractivity contribution in [3.05, 3.63) is 12.2 Å². The van der Waals surface area contributed by atoms with E-state index in [9.17, 15) is 0 Å². The van der Waals surface area contributed by atoms with Crippen molar-refractivity contribution in [3.63, 3.8) is 0 Å². The molecule has 0 aromatic rings. The normalized spacial score (nSPS) is 26.4. The summed E-state index contributed by atoms with van der Waals surface area (Å²) in [6.07, 6.45) is 5.46. The molecule has 0 aromatic carbocycles. The van der Waals surface area contributed by atoms with Gasteiger partial charge in [-0.1, -0.05) is 39.8 Å². The maximum absolute atomic E-state index is 4.27. The monoisotopic (exact) mass is 223 g/mol. The summed E-state index contributed by atoms with van der Waals surface area (Å²) in [5.41, 5.74) is 1.48. The van der Waals surface area contributed by atoms with Crippen molar-refractivity contribution in [3.8, 4) is 0 Å². The van der Waals surface area contributed by atoms with Gasteiger partial charge >= 0.3 is 0 Å². The van der Waals surface area contributed by atoms with E-state index in [1.54, 1.807) is 0 Å². The summed E-state index contributed by atoms with van der Waals surface area (Å²) in [4.78, 5) is 2.62. The molecule has 1 heteroatoms. The molecule has 1 saturated carbocycles. The van der Waals surface area contributed by atoms with E-state index in [1.165, 1.54) is 44.3 Å². The molecule has 0 spiro atoms. The number of nitrogens with zero attached hydrogens (tertiary/aromatic N) is 1. The van der Waals surface area contributed by atoms with Gasteiger partial charge in [0.25, 0.3) is 0 Å². The average Bonchev–Trinajstić information content (AvgIpc) is 2.30. The SMILES string of the molecule is C=C(C(C)C)C1CCC(N(CC)CC)CC1. The Labute approximate surface area is 102 Å². The topological polar surface area (TPSA) is 3.24 Å². The van der Waals surface area contributed by atoms with Gasteiger partial charge in [0.05, 0.1) is 0 Å². The van der Waals surface area contributed by atoms with Crippen molar-refractivity contribution in [2.45, 2.75) is 59.4 Å². The van der Waals surface area contributed by atoms with Gasteiger partial charge in [0.15, 0.2) is 0 Å². The van der Waals surface area contributed by atoms with Crippen molar-refractivity contribution < 1.29 is 0 Å². The maximum atomic E-state index is 4.27. The molecule has 1 nitrogen and oxygen atoms in total. The fourth-order valence-electron chi connectivity index (χ4n) is 3.02. The predicted octanol–water partition coefficient (Wildman–Crippen LogP) is 4.10. The third kappa shape index (κ3) is 3.35. The predicted molar refractivity (Wildman–Crippen MR) is 72.6 cm³/mol. The first kappa shape index (κ1) is 13.8. The minimum Gasteiger partial charge on any atom is -0.301 e. The van der Waals surface area contributed by atoms with Gasteiger partial charge in [0.1, 0.15) is 0 Å². The first-order valence-electron chi connectivity index (χ1n) is 7.02. The lowest BCUT2D eigenvalue weighted by Crippen LogP contribution is -2.38. The lowest BCUT2D eigenvalue weighted by molar-refractivity contribution is 0.155. The summed E-state index contributed by atoms with van der Waals surface area (Å²) in [7, 11) is 0. The maximum Gasteiger partial charge on any atom is 0.00954 e. The van der Waals surface area contributed by atoms with Gasteiger partial charge in [-0.25, -0.2) is 0 Å². The Morgan fingerprint density at radius 3 is 2.00 bits per heavy atom. The molecule has 0 unspecified atom stereocenters. The van der Waals surface area contributed by atoms with E-state index in [1.807, 2.05) is 0 Å². The lowest BCUT2D eigenvalue weighted by atomic mass is 9.78. The molecule has 0 bridgehead atoms. The largest absolute Gasteiger partial charge is 0.301 e. The highest BCUT2D eigenvalue weighted by molar-refractivity contribution is 5.05. The molecular formula is C15H29N. The number of rotatable bonds is 5. The van der Waals surface area contributed by atoms with Gasteiger partial charge < -0.3 is 4.90 Å². The van der Waals surface area contributed by atoms with Gasteiger partial charge in [0.2, 0.25) is 0 Å². The molecule has 94 valence electrons. The molecule has 0 heterocycles. The molecule has 16 heavy (non-hydrogen) atoms. The van der Waals surface area contributed by atoms with Crippen LogP contribution in [0, 0.1) is 11.8 Å². The van der Waals surface area contributed by atoms with E-state index in [0.717, 1.165) is 12.0 Å². The lowest BCUT2D eigenvalue weighted by Gasteiger charge is -2.37. The number of allylic oxidation sites excluding steroid dienone is 1. The van der Waals surface area contributed by atoms with E-state index in [0.29, 0.717) is 5.92 Å². The summed E-state index contributed by atoms with van der Waals surface area (Å²) < 4.78 is 0. The molecule has 1 fully saturated rings. The van der Waals surface area contributed by atoms with E-state index in [4.69, 9.17) is 0 Å². The number of hydrogen-bond acceptors (Lipinski definition) is 1. The van der Waals surface area contributed by atoms with Crippen molar-refractivity contribution in [2.75, 3.05) is 13.1 Å². The third-order valence-electron chi connectivity index (χ3n) is 4.29.